The van der Waals surface area contributed by atoms with Gasteiger partial charge in [0.1, 0.15) is 35.0 Å². The number of amides is 3. The van der Waals surface area contributed by atoms with Crippen LogP contribution in [0.4, 0.5) is 5.13 Å². The summed E-state index contributed by atoms with van der Waals surface area (Å²) in [7, 11) is 0. The molecule has 3 N–H and O–H groups in total. The van der Waals surface area contributed by atoms with Crippen molar-refractivity contribution < 1.29 is 38.7 Å². The van der Waals surface area contributed by atoms with E-state index in [1.54, 1.807) is 20.8 Å². The second-order valence-electron chi connectivity index (χ2n) is 8.72. The lowest BCUT2D eigenvalue weighted by Gasteiger charge is -2.49. The number of allylic oxidation sites excluding steroid dienone is 1. The molecule has 1 aromatic heterocycles. The number of thioether (sulfide) groups is 1. The Bertz CT molecular complexity index is 1250. The molecular formula is C23H25N5O8S2. The van der Waals surface area contributed by atoms with Gasteiger partial charge in [0.05, 0.1) is 0 Å². The van der Waals surface area contributed by atoms with Crippen LogP contribution in [0.5, 0.6) is 0 Å². The topological polar surface area (TPSA) is 177 Å². The standard InChI is InChI=1S/C23H25N5O8S2/c1-5-12-9-37-20-16(19(32)28(20)17(12)21(33)34)26-18(31)15(13-10-38-22(25-13)24-11-29)27-35-8-6-7-14(30)36-23(2,3)4/h5-7,10-11,16,20H,1,8-9H2,2-4H3,(H,26,31)(H,33,34)(H,24,25,29)/b7-6+,27-15-/t16?,20-/m1/s1. The molecule has 3 amide bonds. The van der Waals surface area contributed by atoms with Crippen molar-refractivity contribution in [1.29, 1.82) is 0 Å². The second-order valence-corrected chi connectivity index (χ2v) is 10.7. The summed E-state index contributed by atoms with van der Waals surface area (Å²) in [6, 6.07) is -1.02. The highest BCUT2D eigenvalue weighted by atomic mass is 32.2. The first-order chi connectivity index (χ1) is 18.0. The summed E-state index contributed by atoms with van der Waals surface area (Å²) in [4.78, 5) is 70.6. The summed E-state index contributed by atoms with van der Waals surface area (Å²) in [5.74, 6) is -2.96. The van der Waals surface area contributed by atoms with Crippen LogP contribution in [0.3, 0.4) is 0 Å². The number of esters is 1. The third-order valence-electron chi connectivity index (χ3n) is 4.86. The number of carbonyl (C=O) groups excluding carboxylic acids is 4. The molecule has 3 rings (SSSR count). The number of thiazole rings is 1. The highest BCUT2D eigenvalue weighted by Gasteiger charge is 2.54. The van der Waals surface area contributed by atoms with E-state index in [0.29, 0.717) is 17.7 Å². The number of anilines is 1. The Morgan fingerprint density at radius 2 is 2.11 bits per heavy atom. The number of aromatic nitrogens is 1. The van der Waals surface area contributed by atoms with Crippen molar-refractivity contribution in [3.05, 3.63) is 47.2 Å². The number of ether oxygens (including phenoxy) is 1. The molecule has 0 aromatic carbocycles. The number of hydrogen-bond acceptors (Lipinski definition) is 11. The first-order valence-corrected chi connectivity index (χ1v) is 13.0. The van der Waals surface area contributed by atoms with E-state index in [0.717, 1.165) is 22.3 Å². The SMILES string of the molecule is C=CC1=C(C(=O)O)N2C(=O)C(NC(=O)/C(=N\OC/C=C/C(=O)OC(C)(C)C)c3csc(NC=O)n3)[C@H]2SC1. The molecule has 202 valence electrons. The van der Waals surface area contributed by atoms with E-state index in [-0.39, 0.29) is 28.8 Å². The molecule has 1 fully saturated rings. The molecule has 1 unspecified atom stereocenters. The Kier molecular flexibility index (Phi) is 9.06. The van der Waals surface area contributed by atoms with Gasteiger partial charge in [0.25, 0.3) is 11.8 Å². The van der Waals surface area contributed by atoms with Crippen molar-refractivity contribution in [2.24, 2.45) is 5.16 Å². The second kappa shape index (κ2) is 12.0. The summed E-state index contributed by atoms with van der Waals surface area (Å²) >= 11 is 2.31. The maximum atomic E-state index is 13.1. The quantitative estimate of drug-likeness (QED) is 0.0675. The zero-order valence-electron chi connectivity index (χ0n) is 20.6. The molecule has 1 saturated heterocycles. The van der Waals surface area contributed by atoms with Crippen LogP contribution < -0.4 is 10.6 Å². The largest absolute Gasteiger partial charge is 0.477 e. The number of carboxylic acid groups (broad SMARTS) is 1. The van der Waals surface area contributed by atoms with E-state index in [4.69, 9.17) is 9.57 Å². The Morgan fingerprint density at radius 3 is 2.74 bits per heavy atom. The van der Waals surface area contributed by atoms with Gasteiger partial charge in [0, 0.05) is 17.2 Å². The van der Waals surface area contributed by atoms with Crippen LogP contribution in [-0.2, 0) is 33.5 Å². The van der Waals surface area contributed by atoms with Crippen molar-refractivity contribution >= 4 is 64.1 Å². The van der Waals surface area contributed by atoms with Gasteiger partial charge in [-0.1, -0.05) is 17.8 Å². The van der Waals surface area contributed by atoms with Crippen LogP contribution in [0.25, 0.3) is 0 Å². The molecule has 0 bridgehead atoms. The fraction of sp³-hybridized carbons (Fsp3) is 0.348. The smallest absolute Gasteiger partial charge is 0.352 e. The van der Waals surface area contributed by atoms with Crippen molar-refractivity contribution in [3.8, 4) is 0 Å². The number of carboxylic acids is 1. The number of hydrogen-bond donors (Lipinski definition) is 3. The maximum Gasteiger partial charge on any atom is 0.352 e. The van der Waals surface area contributed by atoms with E-state index < -0.39 is 40.8 Å². The molecule has 2 aliphatic heterocycles. The average molecular weight is 564 g/mol. The lowest BCUT2D eigenvalue weighted by molar-refractivity contribution is -0.150. The monoisotopic (exact) mass is 563 g/mol. The Hall–Kier alpha value is -3.98. The number of fused-ring (bicyclic) bond motifs is 1. The average Bonchev–Trinajstić information content (AvgIpc) is 3.30. The van der Waals surface area contributed by atoms with Gasteiger partial charge in [-0.2, -0.15) is 0 Å². The minimum absolute atomic E-state index is 0.0629. The molecule has 2 aliphatic rings. The van der Waals surface area contributed by atoms with Crippen molar-refractivity contribution in [2.45, 2.75) is 37.8 Å². The van der Waals surface area contributed by atoms with Crippen LogP contribution in [0, 0.1) is 0 Å². The van der Waals surface area contributed by atoms with Crippen molar-refractivity contribution in [1.82, 2.24) is 15.2 Å². The van der Waals surface area contributed by atoms with Crippen molar-refractivity contribution in [2.75, 3.05) is 17.7 Å². The van der Waals surface area contributed by atoms with Gasteiger partial charge in [0.15, 0.2) is 10.8 Å². The molecule has 38 heavy (non-hydrogen) atoms. The zero-order chi connectivity index (χ0) is 28.0. The molecule has 0 radical (unpaired) electrons. The highest BCUT2D eigenvalue weighted by Crippen LogP contribution is 2.40. The normalized spacial score (nSPS) is 19.4. The van der Waals surface area contributed by atoms with Crippen molar-refractivity contribution in [3.63, 3.8) is 0 Å². The number of β-lactam (4-membered cyclic amide) rings is 1. The third-order valence-corrected chi connectivity index (χ3v) is 6.94. The molecule has 2 atom stereocenters. The van der Waals surface area contributed by atoms with Gasteiger partial charge in [-0.05, 0) is 32.4 Å². The summed E-state index contributed by atoms with van der Waals surface area (Å²) in [5.41, 5.74) is -0.656. The number of nitrogens with zero attached hydrogens (tertiary/aromatic N) is 3. The van der Waals surface area contributed by atoms with E-state index >= 15 is 0 Å². The molecule has 15 heteroatoms. The van der Waals surface area contributed by atoms with E-state index in [2.05, 4.69) is 27.4 Å². The molecule has 0 spiro atoms. The Labute approximate surface area is 225 Å². The van der Waals surface area contributed by atoms with Gasteiger partial charge >= 0.3 is 11.9 Å². The minimum Gasteiger partial charge on any atom is -0.477 e. The molecule has 13 nitrogen and oxygen atoms in total. The summed E-state index contributed by atoms with van der Waals surface area (Å²) in [6.07, 6.45) is 4.31. The fourth-order valence-electron chi connectivity index (χ4n) is 3.34. The lowest BCUT2D eigenvalue weighted by Crippen LogP contribution is -2.71. The van der Waals surface area contributed by atoms with Crippen LogP contribution in [0.2, 0.25) is 0 Å². The maximum absolute atomic E-state index is 13.1. The summed E-state index contributed by atoms with van der Waals surface area (Å²) in [5, 5.41) is 19.3. The van der Waals surface area contributed by atoms with Crippen LogP contribution in [-0.4, -0.2) is 80.2 Å². The van der Waals surface area contributed by atoms with Gasteiger partial charge in [-0.3, -0.25) is 19.3 Å². The predicted molar refractivity (Wildman–Crippen MR) is 139 cm³/mol. The van der Waals surface area contributed by atoms with Gasteiger partial charge in [-0.25, -0.2) is 14.6 Å². The third kappa shape index (κ3) is 6.66. The number of aliphatic carboxylic acids is 1. The highest BCUT2D eigenvalue weighted by molar-refractivity contribution is 8.00. The first kappa shape index (κ1) is 28.6. The molecule has 3 heterocycles. The van der Waals surface area contributed by atoms with Gasteiger partial charge in [-0.15, -0.1) is 23.1 Å². The van der Waals surface area contributed by atoms with Crippen LogP contribution in [0.1, 0.15) is 26.5 Å². The molecule has 1 aromatic rings. The number of nitrogens with one attached hydrogen (secondary N) is 2. The predicted octanol–water partition coefficient (Wildman–Crippen LogP) is 1.25. The number of carbonyl (C=O) groups is 5. The van der Waals surface area contributed by atoms with Crippen LogP contribution >= 0.6 is 23.1 Å². The lowest BCUT2D eigenvalue weighted by atomic mass is 10.0. The van der Waals surface area contributed by atoms with Gasteiger partial charge in [0.2, 0.25) is 6.41 Å². The van der Waals surface area contributed by atoms with E-state index in [9.17, 15) is 29.1 Å². The number of rotatable bonds is 11. The molecule has 0 saturated carbocycles. The van der Waals surface area contributed by atoms with E-state index in [1.165, 1.54) is 29.3 Å². The summed E-state index contributed by atoms with van der Waals surface area (Å²) in [6.45, 7) is 8.58. The minimum atomic E-state index is -1.27. The zero-order valence-corrected chi connectivity index (χ0v) is 22.3. The Morgan fingerprint density at radius 1 is 1.37 bits per heavy atom. The summed E-state index contributed by atoms with van der Waals surface area (Å²) < 4.78 is 5.14. The molecule has 0 aliphatic carbocycles. The van der Waals surface area contributed by atoms with E-state index in [1.807, 2.05) is 0 Å². The number of oxime groups is 1. The van der Waals surface area contributed by atoms with Gasteiger partial charge < -0.3 is 25.3 Å². The van der Waals surface area contributed by atoms with Crippen LogP contribution in [0.15, 0.2) is 46.6 Å². The Balaban J connectivity index is 1.74. The first-order valence-electron chi connectivity index (χ1n) is 11.1. The molecular weight excluding hydrogens is 538 g/mol. The fourth-order valence-corrected chi connectivity index (χ4v) is 5.33.